The molecule has 0 atom stereocenters. The van der Waals surface area contributed by atoms with E-state index >= 15 is 0 Å². The Balaban J connectivity index is 2.11. The maximum Gasteiger partial charge on any atom is 0.249 e. The van der Waals surface area contributed by atoms with Crippen LogP contribution >= 0.6 is 0 Å². The lowest BCUT2D eigenvalue weighted by Gasteiger charge is -2.03. The van der Waals surface area contributed by atoms with Crippen molar-refractivity contribution in [3.8, 4) is 0 Å². The van der Waals surface area contributed by atoms with E-state index in [1.807, 2.05) is 48.7 Å². The predicted molar refractivity (Wildman–Crippen MR) is 87.5 cm³/mol. The van der Waals surface area contributed by atoms with Crippen LogP contribution in [0.25, 0.3) is 22.7 Å². The highest BCUT2D eigenvalue weighted by Gasteiger charge is 2.10. The molecule has 5 N–H and O–H groups in total. The van der Waals surface area contributed by atoms with E-state index in [2.05, 4.69) is 9.97 Å². The Kier molecular flexibility index (Phi) is 3.72. The molecule has 1 aromatic carbocycles. The van der Waals surface area contributed by atoms with Crippen LogP contribution < -0.4 is 11.5 Å². The molecule has 1 amide bonds. The molecule has 0 aliphatic rings. The average Bonchev–Trinajstić information content (AvgIpc) is 2.95. The lowest BCUT2D eigenvalue weighted by molar-refractivity contribution is -0.112. The van der Waals surface area contributed by atoms with E-state index in [1.54, 1.807) is 6.08 Å². The monoisotopic (exact) mass is 292 g/mol. The van der Waals surface area contributed by atoms with Crippen LogP contribution in [0, 0.1) is 0 Å². The van der Waals surface area contributed by atoms with Gasteiger partial charge in [0.15, 0.2) is 0 Å². The molecule has 110 valence electrons. The van der Waals surface area contributed by atoms with Gasteiger partial charge in [-0.25, -0.2) is 4.98 Å². The number of primary amides is 1. The minimum atomic E-state index is -0.466. The van der Waals surface area contributed by atoms with Gasteiger partial charge in [-0.1, -0.05) is 30.3 Å². The Morgan fingerprint density at radius 1 is 1.18 bits per heavy atom. The minimum Gasteiger partial charge on any atom is -0.366 e. The van der Waals surface area contributed by atoms with Crippen molar-refractivity contribution in [3.63, 3.8) is 0 Å². The van der Waals surface area contributed by atoms with Crippen LogP contribution in [-0.4, -0.2) is 15.9 Å². The summed E-state index contributed by atoms with van der Waals surface area (Å²) in [6.07, 6.45) is 3.59. The molecule has 2 aromatic heterocycles. The third-order valence-electron chi connectivity index (χ3n) is 3.49. The topological polar surface area (TPSA) is 97.8 Å². The molecule has 3 aromatic rings. The number of carbonyl (C=O) groups excluding carboxylic acids is 1. The van der Waals surface area contributed by atoms with Crippen molar-refractivity contribution < 1.29 is 4.79 Å². The SMILES string of the molecule is NCc1ccc2c(/C=C(/C(N)=O)c3ccccc3)c[nH]c2n1. The number of nitrogens with two attached hydrogens (primary N) is 2. The highest BCUT2D eigenvalue weighted by Crippen LogP contribution is 2.23. The number of hydrogen-bond donors (Lipinski definition) is 3. The predicted octanol–water partition coefficient (Wildman–Crippen LogP) is 2.05. The van der Waals surface area contributed by atoms with Gasteiger partial charge < -0.3 is 16.5 Å². The zero-order valence-corrected chi connectivity index (χ0v) is 11.9. The van der Waals surface area contributed by atoms with Crippen LogP contribution in [0.1, 0.15) is 16.8 Å². The third kappa shape index (κ3) is 2.62. The lowest BCUT2D eigenvalue weighted by Crippen LogP contribution is -2.12. The van der Waals surface area contributed by atoms with E-state index in [9.17, 15) is 4.79 Å². The van der Waals surface area contributed by atoms with Crippen molar-refractivity contribution in [2.75, 3.05) is 0 Å². The smallest absolute Gasteiger partial charge is 0.249 e. The number of fused-ring (bicyclic) bond motifs is 1. The van der Waals surface area contributed by atoms with Crippen molar-refractivity contribution in [1.29, 1.82) is 0 Å². The Morgan fingerprint density at radius 2 is 1.95 bits per heavy atom. The number of amides is 1. The molecular formula is C17H16N4O. The molecule has 5 nitrogen and oxygen atoms in total. The summed E-state index contributed by atoms with van der Waals surface area (Å²) in [7, 11) is 0. The minimum absolute atomic E-state index is 0.386. The van der Waals surface area contributed by atoms with E-state index in [-0.39, 0.29) is 0 Å². The second-order valence-electron chi connectivity index (χ2n) is 4.94. The lowest BCUT2D eigenvalue weighted by atomic mass is 10.0. The third-order valence-corrected chi connectivity index (χ3v) is 3.49. The van der Waals surface area contributed by atoms with Crippen LogP contribution in [0.2, 0.25) is 0 Å². The first-order valence-corrected chi connectivity index (χ1v) is 6.93. The molecule has 0 unspecified atom stereocenters. The van der Waals surface area contributed by atoms with Gasteiger partial charge in [-0.3, -0.25) is 4.79 Å². The molecule has 0 fully saturated rings. The second kappa shape index (κ2) is 5.83. The normalized spacial score (nSPS) is 11.8. The first-order valence-electron chi connectivity index (χ1n) is 6.93. The summed E-state index contributed by atoms with van der Waals surface area (Å²) in [5.74, 6) is -0.466. The van der Waals surface area contributed by atoms with Gasteiger partial charge in [-0.15, -0.1) is 0 Å². The largest absolute Gasteiger partial charge is 0.366 e. The molecular weight excluding hydrogens is 276 g/mol. The zero-order valence-electron chi connectivity index (χ0n) is 11.9. The van der Waals surface area contributed by atoms with Crippen molar-refractivity contribution in [2.24, 2.45) is 11.5 Å². The average molecular weight is 292 g/mol. The van der Waals surface area contributed by atoms with Gasteiger partial charge in [0.05, 0.1) is 5.69 Å². The Bertz CT molecular complexity index is 849. The van der Waals surface area contributed by atoms with Gasteiger partial charge in [0.25, 0.3) is 0 Å². The summed E-state index contributed by atoms with van der Waals surface area (Å²) in [5, 5.41) is 0.923. The maximum absolute atomic E-state index is 11.8. The Morgan fingerprint density at radius 3 is 2.64 bits per heavy atom. The summed E-state index contributed by atoms with van der Waals surface area (Å²) in [6, 6.07) is 13.2. The van der Waals surface area contributed by atoms with E-state index in [0.29, 0.717) is 12.1 Å². The van der Waals surface area contributed by atoms with Crippen LogP contribution in [0.4, 0.5) is 0 Å². The van der Waals surface area contributed by atoms with Crippen molar-refractivity contribution in [3.05, 3.63) is 65.5 Å². The molecule has 2 heterocycles. The number of pyridine rings is 1. The summed E-state index contributed by atoms with van der Waals surface area (Å²) in [6.45, 7) is 0.386. The number of carbonyl (C=O) groups is 1. The van der Waals surface area contributed by atoms with E-state index in [1.165, 1.54) is 0 Å². The fourth-order valence-electron chi connectivity index (χ4n) is 2.37. The quantitative estimate of drug-likeness (QED) is 0.642. The van der Waals surface area contributed by atoms with E-state index < -0.39 is 5.91 Å². The van der Waals surface area contributed by atoms with Crippen LogP contribution in [0.15, 0.2) is 48.7 Å². The summed E-state index contributed by atoms with van der Waals surface area (Å²) in [5.41, 5.74) is 14.8. The number of aromatic nitrogens is 2. The fraction of sp³-hybridized carbons (Fsp3) is 0.0588. The first-order chi connectivity index (χ1) is 10.7. The molecule has 0 spiro atoms. The number of aromatic amines is 1. The number of rotatable bonds is 4. The number of benzene rings is 1. The molecule has 0 aliphatic heterocycles. The van der Waals surface area contributed by atoms with Crippen molar-refractivity contribution >= 4 is 28.6 Å². The van der Waals surface area contributed by atoms with Crippen molar-refractivity contribution in [1.82, 2.24) is 9.97 Å². The van der Waals surface area contributed by atoms with E-state index in [0.717, 1.165) is 27.9 Å². The van der Waals surface area contributed by atoms with Gasteiger partial charge in [-0.2, -0.15) is 0 Å². The Labute approximate surface area is 127 Å². The van der Waals surface area contributed by atoms with Gasteiger partial charge in [-0.05, 0) is 23.8 Å². The van der Waals surface area contributed by atoms with E-state index in [4.69, 9.17) is 11.5 Å². The summed E-state index contributed by atoms with van der Waals surface area (Å²) in [4.78, 5) is 19.3. The molecule has 0 saturated heterocycles. The maximum atomic E-state index is 11.8. The van der Waals surface area contributed by atoms with Gasteiger partial charge in [0.1, 0.15) is 5.65 Å². The molecule has 3 rings (SSSR count). The molecule has 22 heavy (non-hydrogen) atoms. The van der Waals surface area contributed by atoms with Crippen LogP contribution in [-0.2, 0) is 11.3 Å². The van der Waals surface area contributed by atoms with Crippen LogP contribution in [0.3, 0.4) is 0 Å². The number of H-pyrrole nitrogens is 1. The first kappa shape index (κ1) is 14.0. The summed E-state index contributed by atoms with van der Waals surface area (Å²) < 4.78 is 0. The highest BCUT2D eigenvalue weighted by atomic mass is 16.1. The zero-order chi connectivity index (χ0) is 15.5. The number of hydrogen-bond acceptors (Lipinski definition) is 3. The summed E-state index contributed by atoms with van der Waals surface area (Å²) >= 11 is 0. The van der Waals surface area contributed by atoms with Gasteiger partial charge in [0, 0.05) is 29.3 Å². The molecule has 0 saturated carbocycles. The fourth-order valence-corrected chi connectivity index (χ4v) is 2.37. The van der Waals surface area contributed by atoms with Gasteiger partial charge >= 0.3 is 0 Å². The molecule has 5 heteroatoms. The standard InChI is InChI=1S/C17H16N4O/c18-9-13-6-7-14-12(10-20-17(14)21-13)8-15(16(19)22)11-4-2-1-3-5-11/h1-8,10H,9,18H2,(H2,19,22)(H,20,21)/b15-8+. The van der Waals surface area contributed by atoms with Gasteiger partial charge in [0.2, 0.25) is 5.91 Å². The second-order valence-corrected chi connectivity index (χ2v) is 4.94. The number of nitrogens with zero attached hydrogens (tertiary/aromatic N) is 1. The van der Waals surface area contributed by atoms with Crippen molar-refractivity contribution in [2.45, 2.75) is 6.54 Å². The van der Waals surface area contributed by atoms with Crippen LogP contribution in [0.5, 0.6) is 0 Å². The molecule has 0 aliphatic carbocycles. The number of nitrogens with one attached hydrogen (secondary N) is 1. The Hall–Kier alpha value is -2.92. The molecule has 0 bridgehead atoms. The molecule has 0 radical (unpaired) electrons. The highest BCUT2D eigenvalue weighted by molar-refractivity contribution is 6.24.